The minimum atomic E-state index is -2.64. The zero-order valence-corrected chi connectivity index (χ0v) is 15.4. The van der Waals surface area contributed by atoms with Crippen LogP contribution in [0.2, 0.25) is 6.04 Å². The standard InChI is InChI=1S/C15H31NO5Si/c1-5-19-22(20-6-2,21-7-3)13-8-10-14(17)16-15(4)11-9-12-18-15/h5-13H2,1-4H3,(H,16,17). The maximum atomic E-state index is 12.1. The molecule has 7 heteroatoms. The van der Waals surface area contributed by atoms with E-state index < -0.39 is 14.5 Å². The van der Waals surface area contributed by atoms with Gasteiger partial charge >= 0.3 is 8.80 Å². The van der Waals surface area contributed by atoms with Gasteiger partial charge in [0, 0.05) is 38.9 Å². The average molecular weight is 334 g/mol. The number of carbonyl (C=O) groups excluding carboxylic acids is 1. The summed E-state index contributed by atoms with van der Waals surface area (Å²) in [7, 11) is -2.64. The van der Waals surface area contributed by atoms with Gasteiger partial charge in [-0.3, -0.25) is 4.79 Å². The van der Waals surface area contributed by atoms with Gasteiger partial charge in [-0.15, -0.1) is 0 Å². The molecule has 0 aromatic carbocycles. The van der Waals surface area contributed by atoms with E-state index >= 15 is 0 Å². The molecule has 0 aromatic heterocycles. The van der Waals surface area contributed by atoms with E-state index in [1.165, 1.54) is 0 Å². The molecule has 1 N–H and O–H groups in total. The Hall–Kier alpha value is -0.473. The SMILES string of the molecule is CCO[Si](CCCC(=O)NC1(C)CCCO1)(OCC)OCC. The van der Waals surface area contributed by atoms with Gasteiger partial charge in [-0.05, 0) is 47.0 Å². The molecule has 0 spiro atoms. The van der Waals surface area contributed by atoms with E-state index in [4.69, 9.17) is 18.0 Å². The van der Waals surface area contributed by atoms with Crippen LogP contribution in [0.15, 0.2) is 0 Å². The molecule has 0 aliphatic carbocycles. The molecule has 130 valence electrons. The van der Waals surface area contributed by atoms with Crippen LogP contribution in [-0.4, -0.2) is 46.9 Å². The fraction of sp³-hybridized carbons (Fsp3) is 0.933. The summed E-state index contributed by atoms with van der Waals surface area (Å²) in [6.07, 6.45) is 2.98. The fourth-order valence-corrected chi connectivity index (χ4v) is 5.31. The lowest BCUT2D eigenvalue weighted by molar-refractivity contribution is -0.128. The van der Waals surface area contributed by atoms with E-state index in [9.17, 15) is 4.79 Å². The molecule has 0 bridgehead atoms. The minimum absolute atomic E-state index is 0.0109. The number of amides is 1. The van der Waals surface area contributed by atoms with Gasteiger partial charge in [0.1, 0.15) is 5.72 Å². The molecule has 1 aliphatic rings. The molecular weight excluding hydrogens is 302 g/mol. The van der Waals surface area contributed by atoms with Crippen LogP contribution in [0.3, 0.4) is 0 Å². The summed E-state index contributed by atoms with van der Waals surface area (Å²) in [5.74, 6) is 0.0109. The summed E-state index contributed by atoms with van der Waals surface area (Å²) >= 11 is 0. The Labute approximate surface area is 135 Å². The van der Waals surface area contributed by atoms with Crippen LogP contribution in [0.1, 0.15) is 53.4 Å². The molecule has 0 radical (unpaired) electrons. The summed E-state index contributed by atoms with van der Waals surface area (Å²) in [6, 6.07) is 0.660. The quantitative estimate of drug-likeness (QED) is 0.588. The molecule has 1 amide bonds. The number of hydrogen-bond donors (Lipinski definition) is 1. The Morgan fingerprint density at radius 1 is 1.18 bits per heavy atom. The average Bonchev–Trinajstić information content (AvgIpc) is 2.86. The fourth-order valence-electron chi connectivity index (χ4n) is 2.70. The Morgan fingerprint density at radius 3 is 2.23 bits per heavy atom. The second-order valence-electron chi connectivity index (χ2n) is 5.57. The van der Waals surface area contributed by atoms with E-state index in [1.54, 1.807) is 0 Å². The lowest BCUT2D eigenvalue weighted by atomic mass is 10.1. The van der Waals surface area contributed by atoms with Crippen molar-refractivity contribution in [2.45, 2.75) is 65.1 Å². The second kappa shape index (κ2) is 9.62. The molecule has 1 rings (SSSR count). The van der Waals surface area contributed by atoms with Gasteiger partial charge in [0.25, 0.3) is 0 Å². The molecule has 1 fully saturated rings. The van der Waals surface area contributed by atoms with Crippen LogP contribution >= 0.6 is 0 Å². The van der Waals surface area contributed by atoms with E-state index in [1.807, 2.05) is 27.7 Å². The lowest BCUT2D eigenvalue weighted by Gasteiger charge is -2.28. The molecular formula is C15H31NO5Si. The molecule has 1 atom stereocenters. The monoisotopic (exact) mass is 333 g/mol. The summed E-state index contributed by atoms with van der Waals surface area (Å²) < 4.78 is 22.9. The molecule has 1 aliphatic heterocycles. The topological polar surface area (TPSA) is 66.0 Å². The third-order valence-corrected chi connectivity index (χ3v) is 6.75. The van der Waals surface area contributed by atoms with Gasteiger partial charge in [-0.2, -0.15) is 0 Å². The first-order valence-corrected chi connectivity index (χ1v) is 10.3. The van der Waals surface area contributed by atoms with E-state index in [-0.39, 0.29) is 5.91 Å². The van der Waals surface area contributed by atoms with E-state index in [0.717, 1.165) is 12.8 Å². The first kappa shape index (κ1) is 19.6. The van der Waals surface area contributed by atoms with Crippen molar-refractivity contribution in [2.24, 2.45) is 0 Å². The molecule has 1 heterocycles. The van der Waals surface area contributed by atoms with Crippen LogP contribution < -0.4 is 5.32 Å². The summed E-state index contributed by atoms with van der Waals surface area (Å²) in [4.78, 5) is 12.1. The highest BCUT2D eigenvalue weighted by atomic mass is 28.4. The van der Waals surface area contributed by atoms with Crippen molar-refractivity contribution < 1.29 is 22.8 Å². The second-order valence-corrected chi connectivity index (χ2v) is 8.30. The summed E-state index contributed by atoms with van der Waals surface area (Å²) in [6.45, 7) is 10.1. The van der Waals surface area contributed by atoms with Crippen molar-refractivity contribution in [3.8, 4) is 0 Å². The third kappa shape index (κ3) is 6.34. The molecule has 6 nitrogen and oxygen atoms in total. The summed E-state index contributed by atoms with van der Waals surface area (Å²) in [5, 5.41) is 2.97. The Bertz CT molecular complexity index is 317. The van der Waals surface area contributed by atoms with Gasteiger partial charge in [0.15, 0.2) is 0 Å². The third-order valence-electron chi connectivity index (χ3n) is 3.60. The van der Waals surface area contributed by atoms with Crippen molar-refractivity contribution in [3.05, 3.63) is 0 Å². The molecule has 0 saturated carbocycles. The van der Waals surface area contributed by atoms with Crippen molar-refractivity contribution in [1.29, 1.82) is 0 Å². The Balaban J connectivity index is 2.41. The largest absolute Gasteiger partial charge is 0.500 e. The highest BCUT2D eigenvalue weighted by molar-refractivity contribution is 6.60. The zero-order chi connectivity index (χ0) is 16.5. The van der Waals surface area contributed by atoms with Crippen molar-refractivity contribution in [3.63, 3.8) is 0 Å². The predicted molar refractivity (Wildman–Crippen MR) is 86.4 cm³/mol. The maximum Gasteiger partial charge on any atom is 0.500 e. The predicted octanol–water partition coefficient (Wildman–Crippen LogP) is 2.46. The minimum Gasteiger partial charge on any atom is -0.374 e. The maximum absolute atomic E-state index is 12.1. The lowest BCUT2D eigenvalue weighted by Crippen LogP contribution is -2.47. The van der Waals surface area contributed by atoms with Crippen LogP contribution in [0.25, 0.3) is 0 Å². The van der Waals surface area contributed by atoms with Gasteiger partial charge in [-0.25, -0.2) is 0 Å². The Morgan fingerprint density at radius 2 is 1.77 bits per heavy atom. The Kier molecular flexibility index (Phi) is 8.56. The van der Waals surface area contributed by atoms with E-state index in [2.05, 4.69) is 5.32 Å². The molecule has 1 unspecified atom stereocenters. The van der Waals surface area contributed by atoms with Gasteiger partial charge in [0.2, 0.25) is 5.91 Å². The van der Waals surface area contributed by atoms with E-state index in [0.29, 0.717) is 45.3 Å². The normalized spacial score (nSPS) is 22.0. The van der Waals surface area contributed by atoms with Crippen LogP contribution in [0, 0.1) is 0 Å². The number of hydrogen-bond acceptors (Lipinski definition) is 5. The summed E-state index contributed by atoms with van der Waals surface area (Å²) in [5.41, 5.74) is -0.495. The number of rotatable bonds is 11. The van der Waals surface area contributed by atoms with Gasteiger partial charge in [-0.1, -0.05) is 0 Å². The molecule has 0 aromatic rings. The van der Waals surface area contributed by atoms with Gasteiger partial charge < -0.3 is 23.3 Å². The number of carbonyl (C=O) groups is 1. The zero-order valence-electron chi connectivity index (χ0n) is 14.4. The van der Waals surface area contributed by atoms with Crippen molar-refractivity contribution >= 4 is 14.7 Å². The first-order chi connectivity index (χ1) is 10.5. The molecule has 22 heavy (non-hydrogen) atoms. The highest BCUT2D eigenvalue weighted by Gasteiger charge is 2.40. The first-order valence-electron chi connectivity index (χ1n) is 8.36. The number of ether oxygens (including phenoxy) is 1. The van der Waals surface area contributed by atoms with Crippen molar-refractivity contribution in [1.82, 2.24) is 5.32 Å². The number of nitrogens with one attached hydrogen (secondary N) is 1. The van der Waals surface area contributed by atoms with Crippen molar-refractivity contribution in [2.75, 3.05) is 26.4 Å². The smallest absolute Gasteiger partial charge is 0.374 e. The van der Waals surface area contributed by atoms with Crippen LogP contribution in [0.5, 0.6) is 0 Å². The highest BCUT2D eigenvalue weighted by Crippen LogP contribution is 2.23. The van der Waals surface area contributed by atoms with Crippen LogP contribution in [0.4, 0.5) is 0 Å². The molecule has 1 saturated heterocycles. The van der Waals surface area contributed by atoms with Crippen LogP contribution in [-0.2, 0) is 22.8 Å². The van der Waals surface area contributed by atoms with Gasteiger partial charge in [0.05, 0.1) is 0 Å².